The first kappa shape index (κ1) is 8.50. The quantitative estimate of drug-likeness (QED) is 0.540. The summed E-state index contributed by atoms with van der Waals surface area (Å²) in [6.07, 6.45) is 5.15. The van der Waals surface area contributed by atoms with E-state index in [1.807, 2.05) is 6.29 Å². The van der Waals surface area contributed by atoms with E-state index in [1.54, 1.807) is 12.2 Å². The molecule has 0 fully saturated rings. The molecular formula is C7H9OS. The zero-order valence-electron chi connectivity index (χ0n) is 5.17. The van der Waals surface area contributed by atoms with E-state index < -0.39 is 0 Å². The van der Waals surface area contributed by atoms with Gasteiger partial charge in [0.2, 0.25) is 6.29 Å². The molecule has 49 valence electrons. The molecule has 0 rings (SSSR count). The van der Waals surface area contributed by atoms with Crippen LogP contribution in [0.2, 0.25) is 0 Å². The third kappa shape index (κ3) is 4.03. The van der Waals surface area contributed by atoms with E-state index in [0.717, 1.165) is 5.75 Å². The van der Waals surface area contributed by atoms with Crippen LogP contribution in [0, 0.1) is 0 Å². The van der Waals surface area contributed by atoms with E-state index in [0.29, 0.717) is 0 Å². The van der Waals surface area contributed by atoms with Gasteiger partial charge in [0.25, 0.3) is 0 Å². The van der Waals surface area contributed by atoms with Gasteiger partial charge in [-0.1, -0.05) is 12.2 Å². The van der Waals surface area contributed by atoms with Crippen LogP contribution >= 0.6 is 11.8 Å². The maximum absolute atomic E-state index is 9.99. The van der Waals surface area contributed by atoms with Crippen LogP contribution in [0.5, 0.6) is 0 Å². The van der Waals surface area contributed by atoms with Crippen molar-refractivity contribution in [2.75, 3.05) is 5.75 Å². The monoisotopic (exact) mass is 141 g/mol. The maximum Gasteiger partial charge on any atom is 0.216 e. The zero-order chi connectivity index (χ0) is 7.11. The molecule has 0 aliphatic carbocycles. The van der Waals surface area contributed by atoms with Crippen molar-refractivity contribution < 1.29 is 4.79 Å². The third-order valence-corrected chi connectivity index (χ3v) is 1.80. The van der Waals surface area contributed by atoms with Crippen LogP contribution in [-0.2, 0) is 4.79 Å². The first-order valence-electron chi connectivity index (χ1n) is 2.58. The topological polar surface area (TPSA) is 17.1 Å². The normalized spacial score (nSPS) is 12.0. The van der Waals surface area contributed by atoms with E-state index in [-0.39, 0.29) is 5.25 Å². The van der Waals surface area contributed by atoms with Crippen LogP contribution in [0.3, 0.4) is 0 Å². The largest absolute Gasteiger partial charge is 0.289 e. The van der Waals surface area contributed by atoms with Gasteiger partial charge in [-0.3, -0.25) is 4.79 Å². The predicted molar refractivity (Wildman–Crippen MR) is 42.3 cm³/mol. The summed E-state index contributed by atoms with van der Waals surface area (Å²) in [5.41, 5.74) is 0. The molecule has 1 nitrogen and oxygen atoms in total. The molecule has 0 saturated heterocycles. The Bertz CT molecular complexity index is 101. The van der Waals surface area contributed by atoms with Gasteiger partial charge in [0.15, 0.2) is 0 Å². The van der Waals surface area contributed by atoms with E-state index in [9.17, 15) is 4.79 Å². The summed E-state index contributed by atoms with van der Waals surface area (Å²) in [4.78, 5) is 9.99. The Kier molecular flexibility index (Phi) is 5.32. The van der Waals surface area contributed by atoms with Gasteiger partial charge in [0, 0.05) is 5.75 Å². The Balaban J connectivity index is 3.41. The van der Waals surface area contributed by atoms with Gasteiger partial charge in [0.1, 0.15) is 0 Å². The highest BCUT2D eigenvalue weighted by Crippen LogP contribution is 2.08. The first-order chi connectivity index (χ1) is 4.35. The van der Waals surface area contributed by atoms with Crippen molar-refractivity contribution >= 4 is 18.0 Å². The average molecular weight is 141 g/mol. The lowest BCUT2D eigenvalue weighted by Gasteiger charge is -1.97. The molecule has 0 N–H and O–H groups in total. The molecule has 2 heteroatoms. The minimum atomic E-state index is -0.192. The molecule has 0 saturated carbocycles. The van der Waals surface area contributed by atoms with E-state index in [2.05, 4.69) is 13.2 Å². The van der Waals surface area contributed by atoms with Crippen molar-refractivity contribution in [3.63, 3.8) is 0 Å². The Labute approximate surface area is 59.8 Å². The van der Waals surface area contributed by atoms with Gasteiger partial charge in [-0.2, -0.15) is 0 Å². The lowest BCUT2D eigenvalue weighted by molar-refractivity contribution is 0.557. The van der Waals surface area contributed by atoms with E-state index >= 15 is 0 Å². The SMILES string of the molecule is C=CCSC([C]=O)C=C. The second kappa shape index (κ2) is 5.63. The molecule has 1 radical (unpaired) electrons. The summed E-state index contributed by atoms with van der Waals surface area (Å²) in [5, 5.41) is -0.192. The summed E-state index contributed by atoms with van der Waals surface area (Å²) >= 11 is 1.46. The van der Waals surface area contributed by atoms with Crippen LogP contribution in [0.4, 0.5) is 0 Å². The van der Waals surface area contributed by atoms with Gasteiger partial charge in [-0.15, -0.1) is 24.9 Å². The van der Waals surface area contributed by atoms with Crippen molar-refractivity contribution in [3.05, 3.63) is 25.3 Å². The third-order valence-electron chi connectivity index (χ3n) is 0.724. The molecule has 0 bridgehead atoms. The first-order valence-corrected chi connectivity index (χ1v) is 3.62. The molecule has 0 spiro atoms. The van der Waals surface area contributed by atoms with Gasteiger partial charge < -0.3 is 0 Å². The minimum absolute atomic E-state index is 0.192. The average Bonchev–Trinajstić information content (AvgIpc) is 1.91. The highest BCUT2D eigenvalue weighted by molar-refractivity contribution is 8.00. The van der Waals surface area contributed by atoms with Crippen molar-refractivity contribution in [2.45, 2.75) is 5.25 Å². The zero-order valence-corrected chi connectivity index (χ0v) is 5.99. The fraction of sp³-hybridized carbons (Fsp3) is 0.286. The standard InChI is InChI=1S/C7H9OS/c1-3-5-9-7(4-2)6-8/h3-4,7H,1-2,5H2. The molecule has 0 aromatic heterocycles. The molecule has 0 aromatic carbocycles. The molecule has 0 aromatic rings. The number of thioether (sulfide) groups is 1. The number of hydrogen-bond acceptors (Lipinski definition) is 2. The molecule has 0 aliphatic heterocycles. The fourth-order valence-electron chi connectivity index (χ4n) is 0.322. The Morgan fingerprint density at radius 1 is 1.67 bits per heavy atom. The second-order valence-electron chi connectivity index (χ2n) is 1.40. The van der Waals surface area contributed by atoms with Crippen molar-refractivity contribution in [1.82, 2.24) is 0 Å². The molecule has 1 unspecified atom stereocenters. The van der Waals surface area contributed by atoms with Gasteiger partial charge in [0.05, 0.1) is 5.25 Å². The lowest BCUT2D eigenvalue weighted by Crippen LogP contribution is -1.98. The molecule has 1 atom stereocenters. The van der Waals surface area contributed by atoms with Crippen molar-refractivity contribution in [1.29, 1.82) is 0 Å². The summed E-state index contributed by atoms with van der Waals surface area (Å²) in [6.45, 7) is 6.98. The molecular weight excluding hydrogens is 132 g/mol. The lowest BCUT2D eigenvalue weighted by atomic mass is 10.5. The van der Waals surface area contributed by atoms with Crippen molar-refractivity contribution in [3.8, 4) is 0 Å². The van der Waals surface area contributed by atoms with Gasteiger partial charge >= 0.3 is 0 Å². The van der Waals surface area contributed by atoms with Crippen LogP contribution in [0.15, 0.2) is 25.3 Å². The molecule has 0 amide bonds. The van der Waals surface area contributed by atoms with Crippen LogP contribution in [0.1, 0.15) is 0 Å². The smallest absolute Gasteiger partial charge is 0.216 e. The molecule has 0 aliphatic rings. The van der Waals surface area contributed by atoms with E-state index in [1.165, 1.54) is 11.8 Å². The predicted octanol–water partition coefficient (Wildman–Crippen LogP) is 1.57. The summed E-state index contributed by atoms with van der Waals surface area (Å²) in [6, 6.07) is 0. The van der Waals surface area contributed by atoms with Crippen LogP contribution in [-0.4, -0.2) is 17.3 Å². The second-order valence-corrected chi connectivity index (χ2v) is 2.57. The fourth-order valence-corrected chi connectivity index (χ4v) is 0.869. The van der Waals surface area contributed by atoms with Crippen molar-refractivity contribution in [2.24, 2.45) is 0 Å². The number of carbonyl (C=O) groups excluding carboxylic acids is 1. The molecule has 9 heavy (non-hydrogen) atoms. The van der Waals surface area contributed by atoms with Crippen LogP contribution in [0.25, 0.3) is 0 Å². The minimum Gasteiger partial charge on any atom is -0.289 e. The van der Waals surface area contributed by atoms with Gasteiger partial charge in [-0.05, 0) is 0 Å². The summed E-state index contributed by atoms with van der Waals surface area (Å²) in [7, 11) is 0. The highest BCUT2D eigenvalue weighted by Gasteiger charge is 1.99. The Morgan fingerprint density at radius 3 is 2.67 bits per heavy atom. The summed E-state index contributed by atoms with van der Waals surface area (Å²) in [5.74, 6) is 0.770. The Morgan fingerprint density at radius 2 is 2.33 bits per heavy atom. The number of rotatable bonds is 5. The van der Waals surface area contributed by atoms with E-state index in [4.69, 9.17) is 0 Å². The van der Waals surface area contributed by atoms with Crippen LogP contribution < -0.4 is 0 Å². The Hall–Kier alpha value is -0.500. The maximum atomic E-state index is 9.99. The van der Waals surface area contributed by atoms with Gasteiger partial charge in [-0.25, -0.2) is 0 Å². The molecule has 0 heterocycles. The summed E-state index contributed by atoms with van der Waals surface area (Å²) < 4.78 is 0. The number of hydrogen-bond donors (Lipinski definition) is 0. The highest BCUT2D eigenvalue weighted by atomic mass is 32.2.